The van der Waals surface area contributed by atoms with E-state index in [1.54, 1.807) is 0 Å². The number of carbonyl (C=O) groups excluding carboxylic acids is 2. The lowest BCUT2D eigenvalue weighted by Gasteiger charge is -2.26. The van der Waals surface area contributed by atoms with Crippen LogP contribution in [0.2, 0.25) is 0 Å². The van der Waals surface area contributed by atoms with E-state index < -0.39 is 5.97 Å². The third-order valence-electron chi connectivity index (χ3n) is 2.59. The molecule has 6 nitrogen and oxygen atoms in total. The predicted octanol–water partition coefficient (Wildman–Crippen LogP) is 0.119. The van der Waals surface area contributed by atoms with E-state index in [1.165, 1.54) is 4.42 Å². The maximum absolute atomic E-state index is 11.8. The highest BCUT2D eigenvalue weighted by atomic mass is 35.5. The molecule has 1 heterocycles. The molecule has 1 aliphatic rings. The van der Waals surface area contributed by atoms with Crippen LogP contribution in [0.15, 0.2) is 0 Å². The molecule has 0 aromatic heterocycles. The Labute approximate surface area is 120 Å². The van der Waals surface area contributed by atoms with E-state index in [1.807, 2.05) is 18.7 Å². The number of quaternary nitrogens is 1. The number of amides is 2. The molecule has 0 aromatic carbocycles. The summed E-state index contributed by atoms with van der Waals surface area (Å²) >= 11 is 5.94. The number of aliphatic carboxylic acids is 1. The topological polar surface area (TPSA) is 63.7 Å². The van der Waals surface area contributed by atoms with Crippen molar-refractivity contribution in [3.63, 3.8) is 0 Å². The molecule has 1 aliphatic heterocycles. The smallest absolute Gasteiger partial charge is 0.335 e. The van der Waals surface area contributed by atoms with Gasteiger partial charge in [-0.3, -0.25) is 0 Å². The SMILES string of the molecule is CC(=O)[O-].CC1(C)CN(CC[N+](C)(C)C)C(=O)N1Cl. The Morgan fingerprint density at radius 3 is 2.11 bits per heavy atom. The summed E-state index contributed by atoms with van der Waals surface area (Å²) in [7, 11) is 6.35. The van der Waals surface area contributed by atoms with Crippen LogP contribution >= 0.6 is 11.8 Å². The maximum atomic E-state index is 11.8. The molecule has 0 unspecified atom stereocenters. The van der Waals surface area contributed by atoms with Gasteiger partial charge >= 0.3 is 6.03 Å². The van der Waals surface area contributed by atoms with Crippen molar-refractivity contribution in [1.82, 2.24) is 9.32 Å². The van der Waals surface area contributed by atoms with Gasteiger partial charge in [0.2, 0.25) is 0 Å². The number of nitrogens with zero attached hydrogens (tertiary/aromatic N) is 3. The van der Waals surface area contributed by atoms with Gasteiger partial charge in [-0.2, -0.15) is 0 Å². The number of carbonyl (C=O) groups is 2. The molecule has 19 heavy (non-hydrogen) atoms. The van der Waals surface area contributed by atoms with E-state index in [9.17, 15) is 4.79 Å². The van der Waals surface area contributed by atoms with Gasteiger partial charge in [-0.05, 0) is 20.8 Å². The van der Waals surface area contributed by atoms with E-state index in [2.05, 4.69) is 21.1 Å². The Hall–Kier alpha value is -1.01. The third kappa shape index (κ3) is 6.63. The minimum atomic E-state index is -1.08. The summed E-state index contributed by atoms with van der Waals surface area (Å²) in [4.78, 5) is 22.5. The van der Waals surface area contributed by atoms with Gasteiger partial charge in [-0.15, -0.1) is 0 Å². The normalized spacial score (nSPS) is 18.2. The van der Waals surface area contributed by atoms with E-state index in [-0.39, 0.29) is 11.6 Å². The number of likely N-dealkylation sites (N-methyl/N-ethyl adjacent to an activating group) is 1. The lowest BCUT2D eigenvalue weighted by molar-refractivity contribution is -0.869. The minimum Gasteiger partial charge on any atom is -0.550 e. The molecule has 7 heteroatoms. The number of hydrogen-bond acceptors (Lipinski definition) is 3. The van der Waals surface area contributed by atoms with Crippen molar-refractivity contribution in [3.8, 4) is 0 Å². The number of urea groups is 1. The van der Waals surface area contributed by atoms with E-state index in [0.29, 0.717) is 6.54 Å². The molecule has 0 radical (unpaired) electrons. The van der Waals surface area contributed by atoms with Crippen LogP contribution < -0.4 is 5.11 Å². The molecule has 0 spiro atoms. The molecule has 0 N–H and O–H groups in total. The zero-order valence-corrected chi connectivity index (χ0v) is 13.3. The second-order valence-corrected chi connectivity index (χ2v) is 6.64. The summed E-state index contributed by atoms with van der Waals surface area (Å²) in [5.41, 5.74) is -0.260. The maximum Gasteiger partial charge on any atom is 0.335 e. The lowest BCUT2D eigenvalue weighted by atomic mass is 10.1. The summed E-state index contributed by atoms with van der Waals surface area (Å²) in [6, 6.07) is -0.0740. The van der Waals surface area contributed by atoms with Crippen LogP contribution in [0.25, 0.3) is 0 Å². The first kappa shape index (κ1) is 18.0. The molecule has 112 valence electrons. The van der Waals surface area contributed by atoms with Crippen molar-refractivity contribution < 1.29 is 19.2 Å². The van der Waals surface area contributed by atoms with Gasteiger partial charge in [-0.1, -0.05) is 0 Å². The van der Waals surface area contributed by atoms with Crippen molar-refractivity contribution in [2.24, 2.45) is 0 Å². The zero-order chi connectivity index (χ0) is 15.4. The highest BCUT2D eigenvalue weighted by Gasteiger charge is 2.42. The van der Waals surface area contributed by atoms with Crippen molar-refractivity contribution >= 4 is 23.8 Å². The van der Waals surface area contributed by atoms with Crippen molar-refractivity contribution in [1.29, 1.82) is 0 Å². The lowest BCUT2D eigenvalue weighted by Crippen LogP contribution is -2.42. The fourth-order valence-electron chi connectivity index (χ4n) is 1.58. The second kappa shape index (κ2) is 6.43. The van der Waals surface area contributed by atoms with Crippen LogP contribution in [-0.2, 0) is 4.79 Å². The Bertz CT molecular complexity index is 336. The van der Waals surface area contributed by atoms with Gasteiger partial charge in [0.15, 0.2) is 0 Å². The predicted molar refractivity (Wildman–Crippen MR) is 72.3 cm³/mol. The van der Waals surface area contributed by atoms with Gasteiger partial charge in [0.25, 0.3) is 0 Å². The molecule has 0 aromatic rings. The molecule has 1 saturated heterocycles. The van der Waals surface area contributed by atoms with Crippen LogP contribution in [-0.4, -0.2) is 72.1 Å². The van der Waals surface area contributed by atoms with Crippen LogP contribution in [0.3, 0.4) is 0 Å². The van der Waals surface area contributed by atoms with Crippen LogP contribution in [0.5, 0.6) is 0 Å². The summed E-state index contributed by atoms with van der Waals surface area (Å²) < 4.78 is 2.16. The first-order valence-electron chi connectivity index (χ1n) is 6.10. The minimum absolute atomic E-state index is 0.0740. The summed E-state index contributed by atoms with van der Waals surface area (Å²) in [6.45, 7) is 7.32. The number of carboxylic acid groups (broad SMARTS) is 1. The molecule has 0 bridgehead atoms. The molecule has 1 fully saturated rings. The Kier molecular flexibility index (Phi) is 6.09. The molecule has 1 rings (SSSR count). The van der Waals surface area contributed by atoms with Gasteiger partial charge in [0, 0.05) is 24.3 Å². The standard InChI is InChI=1S/C10H21ClN3O.C2H4O2/c1-10(2)8-12(9(15)13(10)11)6-7-14(3,4)5;1-2(3)4/h6-8H2,1-5H3;1H3,(H,3,4)/q+1;/p-1. The van der Waals surface area contributed by atoms with Gasteiger partial charge < -0.3 is 19.3 Å². The molecule has 0 saturated carbocycles. The summed E-state index contributed by atoms with van der Waals surface area (Å²) in [6.07, 6.45) is 0. The average Bonchev–Trinajstić information content (AvgIpc) is 2.37. The highest BCUT2D eigenvalue weighted by molar-refractivity contribution is 6.22. The van der Waals surface area contributed by atoms with E-state index >= 15 is 0 Å². The molecular formula is C12H24ClN3O3. The number of hydrogen-bond donors (Lipinski definition) is 0. The quantitative estimate of drug-likeness (QED) is 0.548. The Morgan fingerprint density at radius 2 is 1.84 bits per heavy atom. The average molecular weight is 294 g/mol. The zero-order valence-electron chi connectivity index (χ0n) is 12.6. The van der Waals surface area contributed by atoms with Crippen molar-refractivity contribution in [2.75, 3.05) is 40.8 Å². The Balaban J connectivity index is 0.000000711. The summed E-state index contributed by atoms with van der Waals surface area (Å²) in [5.74, 6) is -1.08. The van der Waals surface area contributed by atoms with Crippen LogP contribution in [0, 0.1) is 0 Å². The van der Waals surface area contributed by atoms with Gasteiger partial charge in [-0.25, -0.2) is 9.21 Å². The number of rotatable bonds is 3. The van der Waals surface area contributed by atoms with Crippen molar-refractivity contribution in [3.05, 3.63) is 0 Å². The highest BCUT2D eigenvalue weighted by Crippen LogP contribution is 2.27. The van der Waals surface area contributed by atoms with Gasteiger partial charge in [0.05, 0.1) is 39.8 Å². The van der Waals surface area contributed by atoms with Crippen molar-refractivity contribution in [2.45, 2.75) is 26.3 Å². The number of carboxylic acids is 1. The first-order valence-corrected chi connectivity index (χ1v) is 6.43. The molecule has 2 amide bonds. The molecular weight excluding hydrogens is 270 g/mol. The van der Waals surface area contributed by atoms with Gasteiger partial charge in [0.1, 0.15) is 0 Å². The van der Waals surface area contributed by atoms with E-state index in [0.717, 1.165) is 24.5 Å². The fourth-order valence-corrected chi connectivity index (χ4v) is 1.74. The van der Waals surface area contributed by atoms with Crippen LogP contribution in [0.1, 0.15) is 20.8 Å². The fraction of sp³-hybridized carbons (Fsp3) is 0.833. The second-order valence-electron chi connectivity index (χ2n) is 6.30. The third-order valence-corrected chi connectivity index (χ3v) is 3.19. The molecule has 0 aliphatic carbocycles. The molecule has 0 atom stereocenters. The summed E-state index contributed by atoms with van der Waals surface area (Å²) in [5, 5.41) is 8.89. The Morgan fingerprint density at radius 1 is 1.42 bits per heavy atom. The monoisotopic (exact) mass is 293 g/mol. The first-order chi connectivity index (χ1) is 8.37. The van der Waals surface area contributed by atoms with Crippen LogP contribution in [0.4, 0.5) is 4.79 Å². The van der Waals surface area contributed by atoms with E-state index in [4.69, 9.17) is 21.7 Å². The number of halogens is 1. The largest absolute Gasteiger partial charge is 0.550 e.